The molecule has 8 heteroatoms. The predicted molar refractivity (Wildman–Crippen MR) is 80.4 cm³/mol. The van der Waals surface area contributed by atoms with E-state index in [1.807, 2.05) is 30.3 Å². The Kier molecular flexibility index (Phi) is 3.89. The lowest BCUT2D eigenvalue weighted by Gasteiger charge is -2.31. The summed E-state index contributed by atoms with van der Waals surface area (Å²) in [6.07, 6.45) is -4.61. The molecule has 4 nitrogen and oxygen atoms in total. The molecule has 1 aromatic carbocycles. The molecule has 1 aliphatic heterocycles. The number of nitrogens with zero attached hydrogens (tertiary/aromatic N) is 2. The van der Waals surface area contributed by atoms with Crippen molar-refractivity contribution in [1.29, 1.82) is 0 Å². The lowest BCUT2D eigenvalue weighted by molar-refractivity contribution is -0.141. The topological polar surface area (TPSA) is 45.2 Å². The van der Waals surface area contributed by atoms with Crippen molar-refractivity contribution < 1.29 is 18.0 Å². The molecular formula is C15H11ClF3N3O. The molecule has 0 spiro atoms. The fourth-order valence-corrected chi connectivity index (χ4v) is 2.63. The zero-order chi connectivity index (χ0) is 16.6. The number of nitrogens with one attached hydrogen (secondary N) is 1. The fraction of sp³-hybridized carbons (Fsp3) is 0.200. The molecule has 23 heavy (non-hydrogen) atoms. The Balaban J connectivity index is 2.04. The lowest BCUT2D eigenvalue weighted by Crippen LogP contribution is -2.38. The van der Waals surface area contributed by atoms with Gasteiger partial charge < -0.3 is 10.2 Å². The van der Waals surface area contributed by atoms with Crippen molar-refractivity contribution in [1.82, 2.24) is 4.98 Å². The molecule has 0 saturated heterocycles. The van der Waals surface area contributed by atoms with Crippen LogP contribution in [0.4, 0.5) is 24.5 Å². The highest BCUT2D eigenvalue weighted by Gasteiger charge is 2.36. The standard InChI is InChI=1S/C15H11ClF3N3O/c16-14-13-10(6-11(20-14)15(17,18)19)22(8-12(23)21-13)7-9-4-2-1-3-5-9/h1-6H,7-8H2,(H,21,23). The second-order valence-corrected chi connectivity index (χ2v) is 5.44. The number of aromatic nitrogens is 1. The van der Waals surface area contributed by atoms with Crippen molar-refractivity contribution in [3.8, 4) is 0 Å². The van der Waals surface area contributed by atoms with E-state index in [4.69, 9.17) is 11.6 Å². The number of hydrogen-bond acceptors (Lipinski definition) is 3. The van der Waals surface area contributed by atoms with E-state index in [1.165, 1.54) is 0 Å². The highest BCUT2D eigenvalue weighted by molar-refractivity contribution is 6.33. The van der Waals surface area contributed by atoms with E-state index in [1.54, 1.807) is 4.90 Å². The largest absolute Gasteiger partial charge is 0.433 e. The maximum absolute atomic E-state index is 12.9. The molecule has 3 rings (SSSR count). The third-order valence-electron chi connectivity index (χ3n) is 3.40. The number of amides is 1. The summed E-state index contributed by atoms with van der Waals surface area (Å²) < 4.78 is 38.8. The third kappa shape index (κ3) is 3.24. The van der Waals surface area contributed by atoms with Crippen molar-refractivity contribution in [2.24, 2.45) is 0 Å². The van der Waals surface area contributed by atoms with E-state index in [9.17, 15) is 18.0 Å². The summed E-state index contributed by atoms with van der Waals surface area (Å²) in [6, 6.07) is 10.0. The monoisotopic (exact) mass is 341 g/mol. The van der Waals surface area contributed by atoms with Crippen LogP contribution in [0.15, 0.2) is 36.4 Å². The van der Waals surface area contributed by atoms with Crippen LogP contribution < -0.4 is 10.2 Å². The number of rotatable bonds is 2. The van der Waals surface area contributed by atoms with Gasteiger partial charge >= 0.3 is 6.18 Å². The van der Waals surface area contributed by atoms with Gasteiger partial charge in [0.15, 0.2) is 5.15 Å². The second kappa shape index (κ2) is 5.73. The molecule has 0 bridgehead atoms. The molecule has 0 fully saturated rings. The molecule has 0 radical (unpaired) electrons. The molecule has 120 valence electrons. The SMILES string of the molecule is O=C1CN(Cc2ccccc2)c2cc(C(F)(F)F)nc(Cl)c2N1. The molecule has 2 heterocycles. The number of hydrogen-bond donors (Lipinski definition) is 1. The van der Waals surface area contributed by atoms with Crippen LogP contribution in [0.5, 0.6) is 0 Å². The molecule has 1 aromatic heterocycles. The van der Waals surface area contributed by atoms with Gasteiger partial charge in [0.1, 0.15) is 11.4 Å². The highest BCUT2D eigenvalue weighted by atomic mass is 35.5. The number of alkyl halides is 3. The van der Waals surface area contributed by atoms with E-state index in [0.29, 0.717) is 6.54 Å². The smallest absolute Gasteiger partial charge is 0.356 e. The minimum absolute atomic E-state index is 0.0560. The van der Waals surface area contributed by atoms with Crippen LogP contribution >= 0.6 is 11.6 Å². The Morgan fingerprint density at radius 1 is 1.26 bits per heavy atom. The number of fused-ring (bicyclic) bond motifs is 1. The summed E-state index contributed by atoms with van der Waals surface area (Å²) in [5.41, 5.74) is 0.0951. The number of carbonyl (C=O) groups excluding carboxylic acids is 1. The fourth-order valence-electron chi connectivity index (χ4n) is 2.39. The molecule has 2 aromatic rings. The molecule has 0 atom stereocenters. The normalized spacial score (nSPS) is 14.4. The summed E-state index contributed by atoms with van der Waals surface area (Å²) in [7, 11) is 0. The molecule has 0 aliphatic carbocycles. The number of benzene rings is 1. The summed E-state index contributed by atoms with van der Waals surface area (Å²) >= 11 is 5.83. The van der Waals surface area contributed by atoms with E-state index in [2.05, 4.69) is 10.3 Å². The van der Waals surface area contributed by atoms with E-state index in [-0.39, 0.29) is 29.0 Å². The van der Waals surface area contributed by atoms with Crippen LogP contribution in [0.25, 0.3) is 0 Å². The number of pyridine rings is 1. The van der Waals surface area contributed by atoms with E-state index >= 15 is 0 Å². The average Bonchev–Trinajstić information content (AvgIpc) is 2.48. The van der Waals surface area contributed by atoms with Gasteiger partial charge in [-0.15, -0.1) is 0 Å². The second-order valence-electron chi connectivity index (χ2n) is 5.08. The number of anilines is 2. The minimum atomic E-state index is -4.61. The van der Waals surface area contributed by atoms with Gasteiger partial charge in [0.05, 0.1) is 12.2 Å². The van der Waals surface area contributed by atoms with Gasteiger partial charge in [0, 0.05) is 6.54 Å². The Labute approximate surface area is 134 Å². The molecule has 1 N–H and O–H groups in total. The minimum Gasteiger partial charge on any atom is -0.356 e. The Morgan fingerprint density at radius 3 is 2.61 bits per heavy atom. The van der Waals surface area contributed by atoms with Gasteiger partial charge in [0.2, 0.25) is 5.91 Å². The molecule has 1 aliphatic rings. The van der Waals surface area contributed by atoms with Gasteiger partial charge in [-0.25, -0.2) is 4.98 Å². The van der Waals surface area contributed by atoms with Crippen molar-refractivity contribution in [2.75, 3.05) is 16.8 Å². The molecule has 0 unspecified atom stereocenters. The van der Waals surface area contributed by atoms with Gasteiger partial charge in [-0.2, -0.15) is 13.2 Å². The summed E-state index contributed by atoms with van der Waals surface area (Å²) in [6.45, 7) is 0.235. The van der Waals surface area contributed by atoms with E-state index < -0.39 is 11.9 Å². The first-order valence-electron chi connectivity index (χ1n) is 6.71. The lowest BCUT2D eigenvalue weighted by atomic mass is 10.1. The molecule has 0 saturated carbocycles. The van der Waals surface area contributed by atoms with Crippen LogP contribution in [-0.4, -0.2) is 17.4 Å². The maximum Gasteiger partial charge on any atom is 0.433 e. The van der Waals surface area contributed by atoms with Crippen molar-refractivity contribution in [3.63, 3.8) is 0 Å². The van der Waals surface area contributed by atoms with Crippen LogP contribution in [0.1, 0.15) is 11.3 Å². The predicted octanol–water partition coefficient (Wildman–Crippen LogP) is 3.71. The first-order valence-corrected chi connectivity index (χ1v) is 7.09. The van der Waals surface area contributed by atoms with Gasteiger partial charge in [-0.1, -0.05) is 41.9 Å². The summed E-state index contributed by atoms with van der Waals surface area (Å²) in [4.78, 5) is 16.7. The maximum atomic E-state index is 12.9. The zero-order valence-electron chi connectivity index (χ0n) is 11.7. The van der Waals surface area contributed by atoms with E-state index in [0.717, 1.165) is 11.6 Å². The average molecular weight is 342 g/mol. The van der Waals surface area contributed by atoms with Gasteiger partial charge in [-0.05, 0) is 11.6 Å². The first-order chi connectivity index (χ1) is 10.8. The summed E-state index contributed by atoms with van der Waals surface area (Å²) in [5.74, 6) is -0.350. The van der Waals surface area contributed by atoms with Crippen LogP contribution in [-0.2, 0) is 17.5 Å². The quantitative estimate of drug-likeness (QED) is 0.847. The highest BCUT2D eigenvalue weighted by Crippen LogP contribution is 2.40. The van der Waals surface area contributed by atoms with Crippen LogP contribution in [0.3, 0.4) is 0 Å². The Bertz CT molecular complexity index is 750. The van der Waals surface area contributed by atoms with Crippen molar-refractivity contribution in [3.05, 3.63) is 52.8 Å². The summed E-state index contributed by atoms with van der Waals surface area (Å²) in [5, 5.41) is 2.11. The van der Waals surface area contributed by atoms with Crippen LogP contribution in [0.2, 0.25) is 5.15 Å². The Hall–Kier alpha value is -2.28. The first kappa shape index (κ1) is 15.6. The Morgan fingerprint density at radius 2 is 1.96 bits per heavy atom. The molecular weight excluding hydrogens is 331 g/mol. The molecule has 1 amide bonds. The van der Waals surface area contributed by atoms with Crippen molar-refractivity contribution in [2.45, 2.75) is 12.7 Å². The third-order valence-corrected chi connectivity index (χ3v) is 3.67. The van der Waals surface area contributed by atoms with Gasteiger partial charge in [-0.3, -0.25) is 4.79 Å². The van der Waals surface area contributed by atoms with Crippen LogP contribution in [0, 0.1) is 0 Å². The van der Waals surface area contributed by atoms with Crippen molar-refractivity contribution >= 4 is 28.9 Å². The van der Waals surface area contributed by atoms with Gasteiger partial charge in [0.25, 0.3) is 0 Å². The number of carbonyl (C=O) groups is 1. The number of halogens is 4. The zero-order valence-corrected chi connectivity index (χ0v) is 12.4.